The van der Waals surface area contributed by atoms with Crippen molar-refractivity contribution in [2.24, 2.45) is 0 Å². The van der Waals surface area contributed by atoms with E-state index in [-0.39, 0.29) is 11.4 Å². The third-order valence-corrected chi connectivity index (χ3v) is 2.32. The fourth-order valence-corrected chi connectivity index (χ4v) is 1.63. The minimum Gasteiger partial charge on any atom is -0.347 e. The van der Waals surface area contributed by atoms with Gasteiger partial charge < -0.3 is 5.32 Å². The number of amides is 1. The van der Waals surface area contributed by atoms with E-state index in [0.29, 0.717) is 0 Å². The SMILES string of the molecule is C=CC(=O)NC1(C)CCCC1. The normalized spacial score (nSPS) is 21.2. The van der Waals surface area contributed by atoms with Gasteiger partial charge in [-0.25, -0.2) is 0 Å². The Bertz CT molecular complexity index is 168. The molecule has 0 aromatic rings. The van der Waals surface area contributed by atoms with Gasteiger partial charge in [-0.2, -0.15) is 0 Å². The van der Waals surface area contributed by atoms with Crippen molar-refractivity contribution < 1.29 is 4.79 Å². The van der Waals surface area contributed by atoms with Crippen molar-refractivity contribution >= 4 is 5.91 Å². The standard InChI is InChI=1S/C9H15NO/c1-3-8(11)10-9(2)6-4-5-7-9/h3H,1,4-7H2,2H3,(H,10,11). The molecule has 1 rings (SSSR count). The molecule has 1 amide bonds. The van der Waals surface area contributed by atoms with Gasteiger partial charge in [0.15, 0.2) is 0 Å². The minimum absolute atomic E-state index is 0.0469. The average Bonchev–Trinajstić information content (AvgIpc) is 2.36. The number of hydrogen-bond donors (Lipinski definition) is 1. The first kappa shape index (κ1) is 8.31. The van der Waals surface area contributed by atoms with Crippen LogP contribution in [0.1, 0.15) is 32.6 Å². The molecule has 0 aliphatic heterocycles. The van der Waals surface area contributed by atoms with Gasteiger partial charge in [0.1, 0.15) is 0 Å². The highest BCUT2D eigenvalue weighted by atomic mass is 16.1. The second-order valence-electron chi connectivity index (χ2n) is 3.46. The van der Waals surface area contributed by atoms with Gasteiger partial charge in [0.25, 0.3) is 0 Å². The zero-order valence-corrected chi connectivity index (χ0v) is 7.02. The van der Waals surface area contributed by atoms with Crippen LogP contribution in [0.25, 0.3) is 0 Å². The number of hydrogen-bond acceptors (Lipinski definition) is 1. The summed E-state index contributed by atoms with van der Waals surface area (Å²) in [4.78, 5) is 10.9. The van der Waals surface area contributed by atoms with Crippen molar-refractivity contribution in [2.75, 3.05) is 0 Å². The molecular weight excluding hydrogens is 138 g/mol. The van der Waals surface area contributed by atoms with E-state index in [9.17, 15) is 4.79 Å². The highest BCUT2D eigenvalue weighted by Crippen LogP contribution is 2.28. The monoisotopic (exact) mass is 153 g/mol. The Morgan fingerprint density at radius 1 is 1.55 bits per heavy atom. The largest absolute Gasteiger partial charge is 0.347 e. The lowest BCUT2D eigenvalue weighted by molar-refractivity contribution is -0.118. The zero-order valence-electron chi connectivity index (χ0n) is 7.02. The summed E-state index contributed by atoms with van der Waals surface area (Å²) < 4.78 is 0. The van der Waals surface area contributed by atoms with Crippen LogP contribution in [-0.2, 0) is 4.79 Å². The Morgan fingerprint density at radius 3 is 2.55 bits per heavy atom. The van der Waals surface area contributed by atoms with E-state index in [1.54, 1.807) is 0 Å². The Kier molecular flexibility index (Phi) is 2.32. The molecule has 1 saturated carbocycles. The van der Waals surface area contributed by atoms with Gasteiger partial charge in [0, 0.05) is 5.54 Å². The molecule has 0 aromatic carbocycles. The number of rotatable bonds is 2. The summed E-state index contributed by atoms with van der Waals surface area (Å²) in [5.41, 5.74) is 0.0469. The van der Waals surface area contributed by atoms with Crippen molar-refractivity contribution in [3.05, 3.63) is 12.7 Å². The second kappa shape index (κ2) is 3.07. The molecule has 1 aliphatic rings. The first-order chi connectivity index (χ1) is 5.16. The zero-order chi connectivity index (χ0) is 8.32. The minimum atomic E-state index is -0.0469. The van der Waals surface area contributed by atoms with Crippen LogP contribution in [0.5, 0.6) is 0 Å². The summed E-state index contributed by atoms with van der Waals surface area (Å²) >= 11 is 0. The molecule has 1 N–H and O–H groups in total. The third kappa shape index (κ3) is 2.07. The predicted octanol–water partition coefficient (Wildman–Crippen LogP) is 1.62. The van der Waals surface area contributed by atoms with Crippen LogP contribution in [0.2, 0.25) is 0 Å². The maximum absolute atomic E-state index is 10.9. The van der Waals surface area contributed by atoms with E-state index in [1.807, 2.05) is 0 Å². The van der Waals surface area contributed by atoms with Gasteiger partial charge in [-0.1, -0.05) is 19.4 Å². The van der Waals surface area contributed by atoms with Crippen LogP contribution in [0.15, 0.2) is 12.7 Å². The van der Waals surface area contributed by atoms with E-state index in [4.69, 9.17) is 0 Å². The summed E-state index contributed by atoms with van der Waals surface area (Å²) in [6.45, 7) is 5.52. The fraction of sp³-hybridized carbons (Fsp3) is 0.667. The van der Waals surface area contributed by atoms with Gasteiger partial charge in [-0.3, -0.25) is 4.79 Å². The van der Waals surface area contributed by atoms with Crippen LogP contribution in [0.4, 0.5) is 0 Å². The highest BCUT2D eigenvalue weighted by molar-refractivity contribution is 5.87. The van der Waals surface area contributed by atoms with Gasteiger partial charge >= 0.3 is 0 Å². The van der Waals surface area contributed by atoms with E-state index < -0.39 is 0 Å². The van der Waals surface area contributed by atoms with Gasteiger partial charge in [-0.05, 0) is 25.8 Å². The molecule has 0 unspecified atom stereocenters. The first-order valence-electron chi connectivity index (χ1n) is 4.11. The highest BCUT2D eigenvalue weighted by Gasteiger charge is 2.28. The molecule has 0 bridgehead atoms. The number of carbonyl (C=O) groups excluding carboxylic acids is 1. The van der Waals surface area contributed by atoms with E-state index >= 15 is 0 Å². The smallest absolute Gasteiger partial charge is 0.243 e. The molecular formula is C9H15NO. The second-order valence-corrected chi connectivity index (χ2v) is 3.46. The van der Waals surface area contributed by atoms with Gasteiger partial charge in [-0.15, -0.1) is 0 Å². The summed E-state index contributed by atoms with van der Waals surface area (Å²) in [5, 5.41) is 2.95. The molecule has 0 heterocycles. The van der Waals surface area contributed by atoms with Crippen molar-refractivity contribution in [1.82, 2.24) is 5.32 Å². The lowest BCUT2D eigenvalue weighted by Gasteiger charge is -2.24. The Labute approximate surface area is 67.7 Å². The molecule has 0 radical (unpaired) electrons. The molecule has 11 heavy (non-hydrogen) atoms. The summed E-state index contributed by atoms with van der Waals surface area (Å²) in [6.07, 6.45) is 6.00. The average molecular weight is 153 g/mol. The Balaban J connectivity index is 2.45. The molecule has 2 heteroatoms. The lowest BCUT2D eigenvalue weighted by Crippen LogP contribution is -2.42. The summed E-state index contributed by atoms with van der Waals surface area (Å²) in [6, 6.07) is 0. The van der Waals surface area contributed by atoms with Crippen LogP contribution < -0.4 is 5.32 Å². The quantitative estimate of drug-likeness (QED) is 0.600. The topological polar surface area (TPSA) is 29.1 Å². The fourth-order valence-electron chi connectivity index (χ4n) is 1.63. The molecule has 0 atom stereocenters. The lowest BCUT2D eigenvalue weighted by atomic mass is 10.0. The van der Waals surface area contributed by atoms with Crippen LogP contribution in [0, 0.1) is 0 Å². The van der Waals surface area contributed by atoms with Gasteiger partial charge in [0.05, 0.1) is 0 Å². The van der Waals surface area contributed by atoms with E-state index in [0.717, 1.165) is 12.8 Å². The van der Waals surface area contributed by atoms with Gasteiger partial charge in [0.2, 0.25) is 5.91 Å². The third-order valence-electron chi connectivity index (χ3n) is 2.32. The molecule has 0 aromatic heterocycles. The van der Waals surface area contributed by atoms with Crippen molar-refractivity contribution in [2.45, 2.75) is 38.1 Å². The molecule has 1 fully saturated rings. The maximum Gasteiger partial charge on any atom is 0.243 e. The summed E-state index contributed by atoms with van der Waals surface area (Å²) in [7, 11) is 0. The number of carbonyl (C=O) groups is 1. The van der Waals surface area contributed by atoms with Crippen molar-refractivity contribution in [3.8, 4) is 0 Å². The van der Waals surface area contributed by atoms with E-state index in [2.05, 4.69) is 18.8 Å². The molecule has 0 spiro atoms. The molecule has 0 saturated heterocycles. The van der Waals surface area contributed by atoms with Crippen LogP contribution in [-0.4, -0.2) is 11.4 Å². The Morgan fingerprint density at radius 2 is 2.09 bits per heavy atom. The summed E-state index contributed by atoms with van der Waals surface area (Å²) in [5.74, 6) is -0.0469. The predicted molar refractivity (Wildman–Crippen MR) is 45.2 cm³/mol. The number of nitrogens with one attached hydrogen (secondary N) is 1. The van der Waals surface area contributed by atoms with E-state index in [1.165, 1.54) is 18.9 Å². The molecule has 62 valence electrons. The molecule has 2 nitrogen and oxygen atoms in total. The maximum atomic E-state index is 10.9. The van der Waals surface area contributed by atoms with Crippen LogP contribution >= 0.6 is 0 Å². The van der Waals surface area contributed by atoms with Crippen molar-refractivity contribution in [1.29, 1.82) is 0 Å². The van der Waals surface area contributed by atoms with Crippen LogP contribution in [0.3, 0.4) is 0 Å². The first-order valence-corrected chi connectivity index (χ1v) is 4.11. The molecule has 1 aliphatic carbocycles. The van der Waals surface area contributed by atoms with Crippen molar-refractivity contribution in [3.63, 3.8) is 0 Å². The Hall–Kier alpha value is -0.790.